The van der Waals surface area contributed by atoms with Crippen molar-refractivity contribution in [2.75, 3.05) is 6.61 Å². The third-order valence-corrected chi connectivity index (χ3v) is 5.45. The molecule has 25 heavy (non-hydrogen) atoms. The summed E-state index contributed by atoms with van der Waals surface area (Å²) in [6.45, 7) is 8.94. The Hall–Kier alpha value is -1.66. The first-order valence-corrected chi connectivity index (χ1v) is 8.94. The van der Waals surface area contributed by atoms with Gasteiger partial charge in [-0.15, -0.1) is 0 Å². The van der Waals surface area contributed by atoms with Crippen molar-refractivity contribution in [2.24, 2.45) is 5.92 Å². The largest absolute Gasteiger partial charge is 0.498 e. The maximum absolute atomic E-state index is 6.20. The molecule has 6 heteroatoms. The van der Waals surface area contributed by atoms with Crippen molar-refractivity contribution in [3.8, 4) is 5.75 Å². The Bertz CT molecular complexity index is 656. The van der Waals surface area contributed by atoms with Crippen molar-refractivity contribution in [3.05, 3.63) is 36.3 Å². The molecule has 1 aromatic rings. The van der Waals surface area contributed by atoms with Crippen LogP contribution in [-0.2, 0) is 18.8 Å². The molecule has 1 saturated carbocycles. The zero-order valence-corrected chi connectivity index (χ0v) is 15.3. The van der Waals surface area contributed by atoms with E-state index in [4.69, 9.17) is 23.5 Å². The van der Waals surface area contributed by atoms with Crippen LogP contribution in [0, 0.1) is 5.92 Å². The fourth-order valence-electron chi connectivity index (χ4n) is 2.88. The van der Waals surface area contributed by atoms with Gasteiger partial charge in [0, 0.05) is 11.0 Å². The number of ether oxygens (including phenoxy) is 3. The summed E-state index contributed by atoms with van der Waals surface area (Å²) in [5, 5.41) is 0. The Morgan fingerprint density at radius 2 is 1.68 bits per heavy atom. The lowest BCUT2D eigenvalue weighted by atomic mass is 9.78. The van der Waals surface area contributed by atoms with E-state index in [0.29, 0.717) is 5.92 Å². The highest BCUT2D eigenvalue weighted by Crippen LogP contribution is 2.38. The zero-order chi connectivity index (χ0) is 17.7. The van der Waals surface area contributed by atoms with Crippen LogP contribution >= 0.6 is 0 Å². The first-order valence-electron chi connectivity index (χ1n) is 8.94. The van der Waals surface area contributed by atoms with Gasteiger partial charge < -0.3 is 23.5 Å². The zero-order valence-electron chi connectivity index (χ0n) is 15.3. The third-order valence-electron chi connectivity index (χ3n) is 5.45. The molecule has 0 amide bonds. The minimum atomic E-state index is -0.447. The van der Waals surface area contributed by atoms with Gasteiger partial charge in [0.25, 0.3) is 6.29 Å². The van der Waals surface area contributed by atoms with E-state index in [-0.39, 0.29) is 11.2 Å². The minimum absolute atomic E-state index is 0.383. The van der Waals surface area contributed by atoms with Gasteiger partial charge in [-0.3, -0.25) is 0 Å². The second-order valence-corrected chi connectivity index (χ2v) is 8.02. The highest BCUT2D eigenvalue weighted by Gasteiger charge is 2.52. The Morgan fingerprint density at radius 3 is 2.28 bits per heavy atom. The van der Waals surface area contributed by atoms with E-state index in [9.17, 15) is 0 Å². The summed E-state index contributed by atoms with van der Waals surface area (Å²) in [6, 6.07) is 5.94. The Labute approximate surface area is 149 Å². The van der Waals surface area contributed by atoms with Gasteiger partial charge >= 0.3 is 7.12 Å². The van der Waals surface area contributed by atoms with Gasteiger partial charge in [0.05, 0.1) is 17.8 Å². The van der Waals surface area contributed by atoms with Crippen LogP contribution in [0.3, 0.4) is 0 Å². The average Bonchev–Trinajstić information content (AvgIpc) is 3.15. The molecule has 0 radical (unpaired) electrons. The van der Waals surface area contributed by atoms with Crippen molar-refractivity contribution >= 4 is 12.6 Å². The van der Waals surface area contributed by atoms with Crippen molar-refractivity contribution < 1.29 is 23.5 Å². The van der Waals surface area contributed by atoms with Crippen molar-refractivity contribution in [2.45, 2.75) is 58.0 Å². The van der Waals surface area contributed by atoms with Gasteiger partial charge in [-0.25, -0.2) is 0 Å². The molecule has 2 aliphatic heterocycles. The summed E-state index contributed by atoms with van der Waals surface area (Å²) >= 11 is 0. The quantitative estimate of drug-likeness (QED) is 0.767. The first kappa shape index (κ1) is 16.8. The predicted molar refractivity (Wildman–Crippen MR) is 94.4 cm³/mol. The molecule has 0 atom stereocenters. The molecule has 2 fully saturated rings. The van der Waals surface area contributed by atoms with Crippen molar-refractivity contribution in [1.29, 1.82) is 0 Å². The number of hydrogen-bond donors (Lipinski definition) is 0. The van der Waals surface area contributed by atoms with Gasteiger partial charge in [-0.2, -0.15) is 0 Å². The van der Waals surface area contributed by atoms with E-state index in [1.54, 1.807) is 12.5 Å². The molecule has 0 bridgehead atoms. The summed E-state index contributed by atoms with van der Waals surface area (Å²) in [6.07, 6.45) is 5.17. The Kier molecular flexibility index (Phi) is 4.00. The van der Waals surface area contributed by atoms with E-state index in [0.717, 1.165) is 23.4 Å². The number of hydrogen-bond acceptors (Lipinski definition) is 5. The van der Waals surface area contributed by atoms with E-state index < -0.39 is 13.4 Å². The molecule has 1 saturated heterocycles. The topological polar surface area (TPSA) is 46.2 Å². The smallest absolute Gasteiger partial charge is 0.494 e. The molecule has 0 N–H and O–H groups in total. The summed E-state index contributed by atoms with van der Waals surface area (Å²) in [5.74, 6) is 1.44. The van der Waals surface area contributed by atoms with Crippen LogP contribution in [0.2, 0.25) is 0 Å². The minimum Gasteiger partial charge on any atom is -0.494 e. The molecule has 2 heterocycles. The predicted octanol–water partition coefficient (Wildman–Crippen LogP) is 3.29. The lowest BCUT2D eigenvalue weighted by Gasteiger charge is -2.32. The summed E-state index contributed by atoms with van der Waals surface area (Å²) < 4.78 is 29.4. The summed E-state index contributed by atoms with van der Waals surface area (Å²) in [7, 11) is -0.447. The van der Waals surface area contributed by atoms with Gasteiger partial charge in [-0.05, 0) is 52.5 Å². The first-order chi connectivity index (χ1) is 11.9. The van der Waals surface area contributed by atoms with Crippen LogP contribution in [0.4, 0.5) is 0 Å². The van der Waals surface area contributed by atoms with E-state index >= 15 is 0 Å². The van der Waals surface area contributed by atoms with Gasteiger partial charge in [0.2, 0.25) is 0 Å². The lowest BCUT2D eigenvalue weighted by molar-refractivity contribution is -0.0247. The molecule has 1 aliphatic carbocycles. The van der Waals surface area contributed by atoms with Crippen LogP contribution < -0.4 is 10.2 Å². The molecule has 0 aromatic heterocycles. The van der Waals surface area contributed by atoms with Crippen molar-refractivity contribution in [1.82, 2.24) is 0 Å². The summed E-state index contributed by atoms with van der Waals surface area (Å²) in [5.41, 5.74) is 1.06. The Morgan fingerprint density at radius 1 is 1.04 bits per heavy atom. The highest BCUT2D eigenvalue weighted by molar-refractivity contribution is 6.63. The molecule has 0 unspecified atom stereocenters. The second kappa shape index (κ2) is 5.96. The van der Waals surface area contributed by atoms with E-state index in [1.165, 1.54) is 12.8 Å². The average molecular weight is 344 g/mol. The maximum atomic E-state index is 6.20. The number of rotatable bonds is 5. The SMILES string of the molecule is CC1(C)OB(c2ccc(C3OC=CO3)cc2OCC2CC2)OC1(C)C. The molecular weight excluding hydrogens is 319 g/mol. The van der Waals surface area contributed by atoms with Crippen LogP contribution in [0.15, 0.2) is 30.7 Å². The van der Waals surface area contributed by atoms with E-state index in [1.807, 2.05) is 18.2 Å². The molecule has 0 spiro atoms. The summed E-state index contributed by atoms with van der Waals surface area (Å²) in [4.78, 5) is 0. The Balaban J connectivity index is 1.61. The molecule has 134 valence electrons. The normalized spacial score (nSPS) is 24.2. The third kappa shape index (κ3) is 3.25. The fraction of sp³-hybridized carbons (Fsp3) is 0.579. The van der Waals surface area contributed by atoms with Gasteiger partial charge in [0.15, 0.2) is 0 Å². The van der Waals surface area contributed by atoms with Crippen molar-refractivity contribution in [3.63, 3.8) is 0 Å². The lowest BCUT2D eigenvalue weighted by Crippen LogP contribution is -2.41. The molecular formula is C19H25BO5. The van der Waals surface area contributed by atoms with Crippen LogP contribution in [0.25, 0.3) is 0 Å². The highest BCUT2D eigenvalue weighted by atomic mass is 16.7. The second-order valence-electron chi connectivity index (χ2n) is 8.02. The molecule has 1 aromatic carbocycles. The van der Waals surface area contributed by atoms with Gasteiger partial charge in [-0.1, -0.05) is 12.1 Å². The van der Waals surface area contributed by atoms with Crippen LogP contribution in [-0.4, -0.2) is 24.9 Å². The molecule has 4 rings (SSSR count). The maximum Gasteiger partial charge on any atom is 0.498 e. The monoisotopic (exact) mass is 344 g/mol. The van der Waals surface area contributed by atoms with Crippen LogP contribution in [0.1, 0.15) is 52.4 Å². The standard InChI is InChI=1S/C19H25BO5/c1-18(2)19(3,4)25-20(24-18)15-8-7-14(17-21-9-10-22-17)11-16(15)23-12-13-5-6-13/h7-11,13,17H,5-6,12H2,1-4H3. The van der Waals surface area contributed by atoms with Gasteiger partial charge in [0.1, 0.15) is 18.3 Å². The molecule has 5 nitrogen and oxygen atoms in total. The number of benzene rings is 1. The molecule has 3 aliphatic rings. The van der Waals surface area contributed by atoms with E-state index in [2.05, 4.69) is 27.7 Å². The van der Waals surface area contributed by atoms with Crippen LogP contribution in [0.5, 0.6) is 5.75 Å². The fourth-order valence-corrected chi connectivity index (χ4v) is 2.88.